The van der Waals surface area contributed by atoms with Gasteiger partial charge in [0.2, 0.25) is 5.91 Å². The maximum absolute atomic E-state index is 11.7. The van der Waals surface area contributed by atoms with Gasteiger partial charge in [0.05, 0.1) is 0 Å². The van der Waals surface area contributed by atoms with Crippen molar-refractivity contribution >= 4 is 23.6 Å². The molecule has 0 rings (SSSR count). The number of ether oxygens (including phenoxy) is 1. The Balaban J connectivity index is 4.46. The quantitative estimate of drug-likeness (QED) is 0.606. The molecule has 0 saturated heterocycles. The van der Waals surface area contributed by atoms with Crippen LogP contribution < -0.4 is 5.73 Å². The maximum atomic E-state index is 11.7. The van der Waals surface area contributed by atoms with Gasteiger partial charge < -0.3 is 10.5 Å². The lowest BCUT2D eigenvalue weighted by Gasteiger charge is -2.25. The van der Waals surface area contributed by atoms with E-state index in [2.05, 4.69) is 0 Å². The Labute approximate surface area is 107 Å². The van der Waals surface area contributed by atoms with Crippen molar-refractivity contribution in [1.29, 1.82) is 0 Å². The van der Waals surface area contributed by atoms with Crippen molar-refractivity contribution in [3.8, 4) is 0 Å². The summed E-state index contributed by atoms with van der Waals surface area (Å²) in [6.07, 6.45) is 0.743. The second kappa shape index (κ2) is 7.50. The Morgan fingerprint density at radius 3 is 2.29 bits per heavy atom. The van der Waals surface area contributed by atoms with Gasteiger partial charge in [0.25, 0.3) is 0 Å². The fourth-order valence-corrected chi connectivity index (χ4v) is 1.27. The van der Waals surface area contributed by atoms with Crippen LogP contribution >= 0.6 is 11.6 Å². The van der Waals surface area contributed by atoms with Gasteiger partial charge in [0, 0.05) is 6.54 Å². The van der Waals surface area contributed by atoms with Gasteiger partial charge in [-0.05, 0) is 40.2 Å². The number of carbonyl (C=O) groups excluding carboxylic acids is 2. The monoisotopic (exact) mass is 264 g/mol. The summed E-state index contributed by atoms with van der Waals surface area (Å²) in [6, 6.07) is 0. The van der Waals surface area contributed by atoms with E-state index < -0.39 is 17.6 Å². The molecule has 2 amide bonds. The fraction of sp³-hybridized carbons (Fsp3) is 0.818. The van der Waals surface area contributed by atoms with Gasteiger partial charge in [0.1, 0.15) is 11.5 Å². The molecule has 0 bridgehead atoms. The highest BCUT2D eigenvalue weighted by Gasteiger charge is 2.25. The second-order valence-corrected chi connectivity index (χ2v) is 4.92. The van der Waals surface area contributed by atoms with Crippen LogP contribution in [0.25, 0.3) is 0 Å². The van der Waals surface area contributed by atoms with E-state index in [0.29, 0.717) is 13.0 Å². The van der Waals surface area contributed by atoms with Crippen molar-refractivity contribution in [1.82, 2.24) is 4.90 Å². The largest absolute Gasteiger partial charge is 0.443 e. The smallest absolute Gasteiger partial charge is 0.417 e. The lowest BCUT2D eigenvalue weighted by molar-refractivity contribution is -0.127. The number of unbranched alkanes of at least 4 members (excludes halogenated alkanes) is 1. The van der Waals surface area contributed by atoms with E-state index in [1.54, 1.807) is 20.8 Å². The molecule has 0 spiro atoms. The SMILES string of the molecule is CC(C)(C)OC(=O)N(CCCCN)C(=O)CCl. The van der Waals surface area contributed by atoms with Gasteiger partial charge >= 0.3 is 6.09 Å². The average molecular weight is 265 g/mol. The number of nitrogens with two attached hydrogens (primary N) is 1. The molecule has 0 aromatic heterocycles. The van der Waals surface area contributed by atoms with E-state index in [1.807, 2.05) is 0 Å². The maximum Gasteiger partial charge on any atom is 0.417 e. The van der Waals surface area contributed by atoms with Crippen LogP contribution in [-0.4, -0.2) is 41.5 Å². The Morgan fingerprint density at radius 2 is 1.88 bits per heavy atom. The van der Waals surface area contributed by atoms with Crippen molar-refractivity contribution in [3.05, 3.63) is 0 Å². The first-order chi connectivity index (χ1) is 7.81. The molecule has 0 fully saturated rings. The zero-order chi connectivity index (χ0) is 13.5. The van der Waals surface area contributed by atoms with Crippen molar-refractivity contribution < 1.29 is 14.3 Å². The lowest BCUT2D eigenvalue weighted by Crippen LogP contribution is -2.42. The van der Waals surface area contributed by atoms with E-state index in [4.69, 9.17) is 22.1 Å². The second-order valence-electron chi connectivity index (χ2n) is 4.66. The third-order valence-electron chi connectivity index (χ3n) is 1.87. The zero-order valence-electron chi connectivity index (χ0n) is 10.7. The zero-order valence-corrected chi connectivity index (χ0v) is 11.4. The molecule has 0 aromatic carbocycles. The number of rotatable bonds is 5. The van der Waals surface area contributed by atoms with E-state index in [9.17, 15) is 9.59 Å². The Morgan fingerprint density at radius 1 is 1.29 bits per heavy atom. The molecule has 6 heteroatoms. The molecule has 5 nitrogen and oxygen atoms in total. The molecule has 0 atom stereocenters. The summed E-state index contributed by atoms with van der Waals surface area (Å²) in [5, 5.41) is 0. The van der Waals surface area contributed by atoms with Gasteiger partial charge in [-0.1, -0.05) is 0 Å². The van der Waals surface area contributed by atoms with Gasteiger partial charge in [-0.2, -0.15) is 0 Å². The number of halogens is 1. The van der Waals surface area contributed by atoms with Crippen LogP contribution in [0.4, 0.5) is 4.79 Å². The Bertz CT molecular complexity index is 264. The van der Waals surface area contributed by atoms with Crippen LogP contribution in [0.5, 0.6) is 0 Å². The van der Waals surface area contributed by atoms with Crippen LogP contribution in [0.15, 0.2) is 0 Å². The van der Waals surface area contributed by atoms with E-state index in [-0.39, 0.29) is 12.4 Å². The molecule has 100 valence electrons. The first-order valence-electron chi connectivity index (χ1n) is 5.61. The summed E-state index contributed by atoms with van der Waals surface area (Å²) in [5.41, 5.74) is 4.73. The number of hydrogen-bond acceptors (Lipinski definition) is 4. The summed E-state index contributed by atoms with van der Waals surface area (Å²) in [6.45, 7) is 6.05. The molecule has 0 radical (unpaired) electrons. The van der Waals surface area contributed by atoms with Crippen molar-refractivity contribution in [2.24, 2.45) is 5.73 Å². The van der Waals surface area contributed by atoms with Crippen LogP contribution in [0.2, 0.25) is 0 Å². The van der Waals surface area contributed by atoms with Gasteiger partial charge in [-0.25, -0.2) is 9.69 Å². The van der Waals surface area contributed by atoms with Crippen molar-refractivity contribution in [3.63, 3.8) is 0 Å². The number of amides is 2. The van der Waals surface area contributed by atoms with E-state index in [1.165, 1.54) is 0 Å². The first-order valence-corrected chi connectivity index (χ1v) is 6.14. The van der Waals surface area contributed by atoms with Crippen LogP contribution in [0, 0.1) is 0 Å². The van der Waals surface area contributed by atoms with Gasteiger partial charge in [0.15, 0.2) is 0 Å². The molecule has 0 unspecified atom stereocenters. The fourth-order valence-electron chi connectivity index (χ4n) is 1.12. The minimum absolute atomic E-state index is 0.234. The number of alkyl halides is 1. The van der Waals surface area contributed by atoms with Crippen molar-refractivity contribution in [2.75, 3.05) is 19.0 Å². The summed E-state index contributed by atoms with van der Waals surface area (Å²) < 4.78 is 5.13. The van der Waals surface area contributed by atoms with Gasteiger partial charge in [-0.3, -0.25) is 4.79 Å². The molecule has 0 aliphatic carbocycles. The van der Waals surface area contributed by atoms with E-state index >= 15 is 0 Å². The molecule has 0 aromatic rings. The van der Waals surface area contributed by atoms with Gasteiger partial charge in [-0.15, -0.1) is 11.6 Å². The average Bonchev–Trinajstić information content (AvgIpc) is 2.20. The topological polar surface area (TPSA) is 72.6 Å². The molecule has 0 heterocycles. The Hall–Kier alpha value is -0.810. The highest BCUT2D eigenvalue weighted by molar-refractivity contribution is 6.28. The molecular weight excluding hydrogens is 244 g/mol. The minimum Gasteiger partial charge on any atom is -0.443 e. The molecule has 0 aliphatic rings. The standard InChI is InChI=1S/C11H21ClN2O3/c1-11(2,3)17-10(16)14(9(15)8-12)7-5-4-6-13/h4-8,13H2,1-3H3. The minimum atomic E-state index is -0.653. The molecule has 0 saturated carbocycles. The summed E-state index contributed by atoms with van der Waals surface area (Å²) in [5.74, 6) is -0.681. The van der Waals surface area contributed by atoms with Crippen LogP contribution in [-0.2, 0) is 9.53 Å². The Kier molecular flexibility index (Phi) is 7.15. The summed E-state index contributed by atoms with van der Waals surface area (Å²) >= 11 is 5.45. The molecule has 17 heavy (non-hydrogen) atoms. The lowest BCUT2D eigenvalue weighted by atomic mass is 10.2. The van der Waals surface area contributed by atoms with E-state index in [0.717, 1.165) is 11.3 Å². The third-order valence-corrected chi connectivity index (χ3v) is 2.09. The predicted octanol–water partition coefficient (Wildman–Crippen LogP) is 1.73. The van der Waals surface area contributed by atoms with Crippen LogP contribution in [0.3, 0.4) is 0 Å². The van der Waals surface area contributed by atoms with Crippen LogP contribution in [0.1, 0.15) is 33.6 Å². The predicted molar refractivity (Wildman–Crippen MR) is 67.0 cm³/mol. The highest BCUT2D eigenvalue weighted by Crippen LogP contribution is 2.11. The summed E-state index contributed by atoms with van der Waals surface area (Å²) in [4.78, 5) is 24.3. The molecule has 2 N–H and O–H groups in total. The third kappa shape index (κ3) is 7.18. The number of carbonyl (C=O) groups is 2. The first kappa shape index (κ1) is 16.2. The highest BCUT2D eigenvalue weighted by atomic mass is 35.5. The number of imide groups is 1. The number of nitrogens with zero attached hydrogens (tertiary/aromatic N) is 1. The normalized spacial score (nSPS) is 11.1. The molecular formula is C11H21ClN2O3. The summed E-state index contributed by atoms with van der Waals surface area (Å²) in [7, 11) is 0. The van der Waals surface area contributed by atoms with Crippen molar-refractivity contribution in [2.45, 2.75) is 39.2 Å². The molecule has 0 aliphatic heterocycles. The number of hydrogen-bond donors (Lipinski definition) is 1.